The van der Waals surface area contributed by atoms with E-state index in [1.165, 1.54) is 7.11 Å². The molecule has 0 amide bonds. The van der Waals surface area contributed by atoms with Crippen LogP contribution in [0.3, 0.4) is 0 Å². The molecule has 1 aliphatic rings. The fraction of sp³-hybridized carbons (Fsp3) is 0.615. The summed E-state index contributed by atoms with van der Waals surface area (Å²) in [6, 6.07) is 1.78. The zero-order valence-corrected chi connectivity index (χ0v) is 10.6. The molecule has 0 aromatic carbocycles. The van der Waals surface area contributed by atoms with Crippen LogP contribution in [-0.2, 0) is 11.3 Å². The quantitative estimate of drug-likeness (QED) is 0.685. The van der Waals surface area contributed by atoms with Crippen LogP contribution in [0.15, 0.2) is 12.3 Å². The number of hydrogen-bond acceptors (Lipinski definition) is 4. The van der Waals surface area contributed by atoms with Crippen molar-refractivity contribution in [2.45, 2.75) is 31.9 Å². The number of carbonyl (C=O) groups is 1. The Morgan fingerprint density at radius 2 is 2.44 bits per heavy atom. The fourth-order valence-electron chi connectivity index (χ4n) is 2.43. The van der Waals surface area contributed by atoms with Crippen LogP contribution >= 0.6 is 0 Å². The predicted octanol–water partition coefficient (Wildman–Crippen LogP) is 1.05. The molecule has 2 atom stereocenters. The topological polar surface area (TPSA) is 74.3 Å². The van der Waals surface area contributed by atoms with Crippen LogP contribution in [0.1, 0.15) is 35.3 Å². The maximum absolute atomic E-state index is 11.2. The zero-order valence-electron chi connectivity index (χ0n) is 10.6. The van der Waals surface area contributed by atoms with Gasteiger partial charge < -0.3 is 20.1 Å². The third kappa shape index (κ3) is 3.11. The van der Waals surface area contributed by atoms with E-state index in [9.17, 15) is 9.90 Å². The summed E-state index contributed by atoms with van der Waals surface area (Å²) >= 11 is 0. The molecule has 2 unspecified atom stereocenters. The van der Waals surface area contributed by atoms with Crippen molar-refractivity contribution in [2.24, 2.45) is 5.92 Å². The number of H-pyrrole nitrogens is 1. The third-order valence-electron chi connectivity index (χ3n) is 3.50. The van der Waals surface area contributed by atoms with Gasteiger partial charge in [0.15, 0.2) is 0 Å². The average Bonchev–Trinajstić information content (AvgIpc) is 2.99. The van der Waals surface area contributed by atoms with E-state index < -0.39 is 0 Å². The molecule has 0 saturated heterocycles. The largest absolute Gasteiger partial charge is 0.464 e. The minimum atomic E-state index is -0.354. The third-order valence-corrected chi connectivity index (χ3v) is 3.50. The van der Waals surface area contributed by atoms with Crippen LogP contribution in [-0.4, -0.2) is 35.8 Å². The van der Waals surface area contributed by atoms with E-state index in [1.54, 1.807) is 12.3 Å². The van der Waals surface area contributed by atoms with Crippen molar-refractivity contribution in [3.8, 4) is 0 Å². The Morgan fingerprint density at radius 1 is 1.61 bits per heavy atom. The van der Waals surface area contributed by atoms with Gasteiger partial charge in [-0.1, -0.05) is 6.42 Å². The van der Waals surface area contributed by atoms with Crippen molar-refractivity contribution in [1.29, 1.82) is 0 Å². The number of hydrogen-bond donors (Lipinski definition) is 3. The van der Waals surface area contributed by atoms with Gasteiger partial charge in [-0.05, 0) is 30.4 Å². The lowest BCUT2D eigenvalue weighted by atomic mass is 10.1. The SMILES string of the molecule is COC(=O)c1cc(CNCC2CCCC2O)c[nH]1. The molecule has 0 bridgehead atoms. The van der Waals surface area contributed by atoms with Gasteiger partial charge in [-0.25, -0.2) is 4.79 Å². The van der Waals surface area contributed by atoms with Crippen LogP contribution in [0.25, 0.3) is 0 Å². The van der Waals surface area contributed by atoms with E-state index in [0.717, 1.165) is 31.4 Å². The number of esters is 1. The van der Waals surface area contributed by atoms with E-state index >= 15 is 0 Å². The summed E-state index contributed by atoms with van der Waals surface area (Å²) < 4.78 is 4.63. The second-order valence-electron chi connectivity index (χ2n) is 4.80. The van der Waals surface area contributed by atoms with Gasteiger partial charge in [0.05, 0.1) is 13.2 Å². The summed E-state index contributed by atoms with van der Waals surface area (Å²) in [6.07, 6.45) is 4.76. The summed E-state index contributed by atoms with van der Waals surface area (Å²) in [6.45, 7) is 1.51. The number of ether oxygens (including phenoxy) is 1. The molecule has 0 radical (unpaired) electrons. The van der Waals surface area contributed by atoms with Gasteiger partial charge >= 0.3 is 5.97 Å². The smallest absolute Gasteiger partial charge is 0.354 e. The van der Waals surface area contributed by atoms with Gasteiger partial charge in [-0.2, -0.15) is 0 Å². The molecule has 18 heavy (non-hydrogen) atoms. The zero-order chi connectivity index (χ0) is 13.0. The maximum atomic E-state index is 11.2. The lowest BCUT2D eigenvalue weighted by Crippen LogP contribution is -2.27. The minimum Gasteiger partial charge on any atom is -0.464 e. The first-order valence-electron chi connectivity index (χ1n) is 6.35. The maximum Gasteiger partial charge on any atom is 0.354 e. The molecule has 2 rings (SSSR count). The Kier molecular flexibility index (Phi) is 4.38. The molecule has 1 aromatic heterocycles. The standard InChI is InChI=1S/C13H20N2O3/c1-18-13(17)11-5-9(7-15-11)6-14-8-10-3-2-4-12(10)16/h5,7,10,12,14-16H,2-4,6,8H2,1H3. The van der Waals surface area contributed by atoms with Crippen molar-refractivity contribution in [2.75, 3.05) is 13.7 Å². The Balaban J connectivity index is 1.76. The lowest BCUT2D eigenvalue weighted by Gasteiger charge is -2.14. The Morgan fingerprint density at radius 3 is 3.11 bits per heavy atom. The molecule has 100 valence electrons. The Bertz CT molecular complexity index is 403. The van der Waals surface area contributed by atoms with E-state index in [2.05, 4.69) is 15.0 Å². The molecule has 1 saturated carbocycles. The summed E-state index contributed by atoms with van der Waals surface area (Å²) in [7, 11) is 1.36. The highest BCUT2D eigenvalue weighted by atomic mass is 16.5. The first-order valence-corrected chi connectivity index (χ1v) is 6.35. The monoisotopic (exact) mass is 252 g/mol. The van der Waals surface area contributed by atoms with Gasteiger partial charge in [0, 0.05) is 19.3 Å². The molecule has 1 aromatic rings. The van der Waals surface area contributed by atoms with Crippen LogP contribution in [0.4, 0.5) is 0 Å². The highest BCUT2D eigenvalue weighted by Gasteiger charge is 2.24. The van der Waals surface area contributed by atoms with Gasteiger partial charge in [-0.3, -0.25) is 0 Å². The number of carbonyl (C=O) groups excluding carboxylic acids is 1. The Labute approximate surface area is 107 Å². The molecular formula is C13H20N2O3. The second-order valence-corrected chi connectivity index (χ2v) is 4.80. The highest BCUT2D eigenvalue weighted by Crippen LogP contribution is 2.24. The number of aromatic amines is 1. The van der Waals surface area contributed by atoms with Crippen LogP contribution in [0.2, 0.25) is 0 Å². The van der Waals surface area contributed by atoms with Crippen LogP contribution in [0, 0.1) is 5.92 Å². The molecule has 5 heteroatoms. The van der Waals surface area contributed by atoms with Crippen molar-refractivity contribution in [3.05, 3.63) is 23.5 Å². The van der Waals surface area contributed by atoms with Crippen LogP contribution < -0.4 is 5.32 Å². The predicted molar refractivity (Wildman–Crippen MR) is 67.2 cm³/mol. The van der Waals surface area contributed by atoms with Gasteiger partial charge in [0.1, 0.15) is 5.69 Å². The van der Waals surface area contributed by atoms with E-state index in [4.69, 9.17) is 0 Å². The molecule has 3 N–H and O–H groups in total. The Hall–Kier alpha value is -1.33. The molecular weight excluding hydrogens is 232 g/mol. The van der Waals surface area contributed by atoms with Gasteiger partial charge in [0.2, 0.25) is 0 Å². The van der Waals surface area contributed by atoms with Crippen molar-refractivity contribution >= 4 is 5.97 Å². The van der Waals surface area contributed by atoms with E-state index in [1.807, 2.05) is 0 Å². The molecule has 1 fully saturated rings. The number of rotatable bonds is 5. The van der Waals surface area contributed by atoms with Crippen LogP contribution in [0.5, 0.6) is 0 Å². The fourth-order valence-corrected chi connectivity index (χ4v) is 2.43. The molecule has 1 heterocycles. The summed E-state index contributed by atoms with van der Waals surface area (Å²) in [5, 5.41) is 13.0. The lowest BCUT2D eigenvalue weighted by molar-refractivity contribution is 0.0595. The highest BCUT2D eigenvalue weighted by molar-refractivity contribution is 5.87. The summed E-state index contributed by atoms with van der Waals surface area (Å²) in [5.74, 6) is 0.0106. The average molecular weight is 252 g/mol. The molecule has 5 nitrogen and oxygen atoms in total. The summed E-state index contributed by atoms with van der Waals surface area (Å²) in [4.78, 5) is 14.1. The first kappa shape index (κ1) is 13.1. The number of aliphatic hydroxyl groups is 1. The second kappa shape index (κ2) is 6.02. The summed E-state index contributed by atoms with van der Waals surface area (Å²) in [5.41, 5.74) is 1.48. The van der Waals surface area contributed by atoms with Gasteiger partial charge in [0.25, 0.3) is 0 Å². The number of aliphatic hydroxyl groups excluding tert-OH is 1. The number of nitrogens with one attached hydrogen (secondary N) is 2. The first-order chi connectivity index (χ1) is 8.70. The van der Waals surface area contributed by atoms with E-state index in [-0.39, 0.29) is 12.1 Å². The molecule has 1 aliphatic carbocycles. The van der Waals surface area contributed by atoms with Crippen molar-refractivity contribution < 1.29 is 14.6 Å². The molecule has 0 aliphatic heterocycles. The minimum absolute atomic E-state index is 0.158. The number of methoxy groups -OCH3 is 1. The molecule has 0 spiro atoms. The van der Waals surface area contributed by atoms with Gasteiger partial charge in [-0.15, -0.1) is 0 Å². The number of aromatic nitrogens is 1. The normalized spacial score (nSPS) is 23.2. The van der Waals surface area contributed by atoms with Crippen molar-refractivity contribution in [3.63, 3.8) is 0 Å². The van der Waals surface area contributed by atoms with E-state index in [0.29, 0.717) is 18.2 Å². The van der Waals surface area contributed by atoms with Crippen molar-refractivity contribution in [1.82, 2.24) is 10.3 Å².